The Morgan fingerprint density at radius 3 is 2.51 bits per heavy atom. The minimum absolute atomic E-state index is 0.366. The molecule has 0 spiro atoms. The molecule has 0 saturated carbocycles. The minimum Gasteiger partial charge on any atom is -0.481 e. The highest BCUT2D eigenvalue weighted by molar-refractivity contribution is 7.17. The van der Waals surface area contributed by atoms with Gasteiger partial charge in [-0.25, -0.2) is 5.43 Å². The number of amides is 3. The molecule has 3 aromatic rings. The number of halogens is 2. The molecule has 4 N–H and O–H groups in total. The van der Waals surface area contributed by atoms with Crippen molar-refractivity contribution < 1.29 is 19.1 Å². The van der Waals surface area contributed by atoms with Crippen molar-refractivity contribution in [2.24, 2.45) is 10.8 Å². The third-order valence-corrected chi connectivity index (χ3v) is 7.72. The Hall–Kier alpha value is -3.40. The lowest BCUT2D eigenvalue weighted by molar-refractivity contribution is -0.127. The molecule has 37 heavy (non-hydrogen) atoms. The van der Waals surface area contributed by atoms with E-state index in [4.69, 9.17) is 33.7 Å². The summed E-state index contributed by atoms with van der Waals surface area (Å²) in [4.78, 5) is 38.3. The summed E-state index contributed by atoms with van der Waals surface area (Å²) < 4.78 is 5.66. The van der Waals surface area contributed by atoms with Crippen molar-refractivity contribution >= 4 is 63.5 Å². The fourth-order valence-corrected chi connectivity index (χ4v) is 5.48. The number of nitrogens with one attached hydrogen (secondary N) is 2. The summed E-state index contributed by atoms with van der Waals surface area (Å²) in [6, 6.07) is 11.3. The summed E-state index contributed by atoms with van der Waals surface area (Å²) in [5.74, 6) is -0.960. The van der Waals surface area contributed by atoms with Gasteiger partial charge in [-0.15, -0.1) is 11.3 Å². The Labute approximate surface area is 227 Å². The molecule has 1 heterocycles. The van der Waals surface area contributed by atoms with Crippen molar-refractivity contribution in [1.29, 1.82) is 0 Å². The van der Waals surface area contributed by atoms with Gasteiger partial charge in [-0.3, -0.25) is 14.4 Å². The maximum absolute atomic E-state index is 12.8. The zero-order valence-corrected chi connectivity index (χ0v) is 22.2. The molecule has 0 saturated heterocycles. The molecule has 1 aliphatic rings. The maximum atomic E-state index is 12.8. The lowest BCUT2D eigenvalue weighted by Gasteiger charge is -2.13. The van der Waals surface area contributed by atoms with E-state index < -0.39 is 17.9 Å². The molecule has 11 heteroatoms. The van der Waals surface area contributed by atoms with Crippen LogP contribution in [0.5, 0.6) is 5.75 Å². The monoisotopic (exact) mass is 558 g/mol. The zero-order valence-electron chi connectivity index (χ0n) is 19.8. The van der Waals surface area contributed by atoms with Gasteiger partial charge in [-0.05, 0) is 80.1 Å². The third kappa shape index (κ3) is 6.49. The average Bonchev–Trinajstić information content (AvgIpc) is 3.24. The Balaban J connectivity index is 1.34. The molecular weight excluding hydrogens is 535 g/mol. The SMILES string of the molecule is C[C@H](Oc1ccc(C(=O)Nc2sc3c(c2C(N)=O)CCCC3)cc1)C(=O)N/N=C\c1ccc(Cl)c(Cl)c1. The first-order valence-corrected chi connectivity index (χ1v) is 13.1. The fourth-order valence-electron chi connectivity index (χ4n) is 3.89. The van der Waals surface area contributed by atoms with Crippen LogP contribution in [0.2, 0.25) is 10.0 Å². The Morgan fingerprint density at radius 1 is 1.08 bits per heavy atom. The van der Waals surface area contributed by atoms with Gasteiger partial charge in [0.2, 0.25) is 0 Å². The molecule has 0 radical (unpaired) electrons. The number of ether oxygens (including phenoxy) is 1. The molecular formula is C26H24Cl2N4O4S. The maximum Gasteiger partial charge on any atom is 0.280 e. The normalized spacial score (nSPS) is 13.6. The first-order valence-electron chi connectivity index (χ1n) is 11.5. The number of rotatable bonds is 8. The smallest absolute Gasteiger partial charge is 0.280 e. The second kappa shape index (κ2) is 11.8. The number of nitrogens with two attached hydrogens (primary N) is 1. The molecule has 4 rings (SSSR count). The minimum atomic E-state index is -0.846. The van der Waals surface area contributed by atoms with Gasteiger partial charge in [0.25, 0.3) is 17.7 Å². The zero-order chi connectivity index (χ0) is 26.5. The van der Waals surface area contributed by atoms with Crippen LogP contribution in [-0.2, 0) is 17.6 Å². The van der Waals surface area contributed by atoms with Crippen molar-refractivity contribution in [3.63, 3.8) is 0 Å². The molecule has 8 nitrogen and oxygen atoms in total. The predicted molar refractivity (Wildman–Crippen MR) is 146 cm³/mol. The number of fused-ring (bicyclic) bond motifs is 1. The molecule has 0 aliphatic heterocycles. The Morgan fingerprint density at radius 2 is 1.81 bits per heavy atom. The number of carbonyl (C=O) groups is 3. The summed E-state index contributed by atoms with van der Waals surface area (Å²) >= 11 is 13.3. The molecule has 0 bridgehead atoms. The summed E-state index contributed by atoms with van der Waals surface area (Å²) in [6.45, 7) is 1.58. The number of aryl methyl sites for hydroxylation is 1. The number of thiophene rings is 1. The van der Waals surface area contributed by atoms with Gasteiger partial charge in [-0.2, -0.15) is 5.10 Å². The van der Waals surface area contributed by atoms with Gasteiger partial charge in [0.1, 0.15) is 10.8 Å². The summed E-state index contributed by atoms with van der Waals surface area (Å²) in [5.41, 5.74) is 10.4. The van der Waals surface area contributed by atoms with Crippen LogP contribution in [0.3, 0.4) is 0 Å². The van der Waals surface area contributed by atoms with E-state index in [1.807, 2.05) is 0 Å². The van der Waals surface area contributed by atoms with Crippen molar-refractivity contribution in [1.82, 2.24) is 5.43 Å². The van der Waals surface area contributed by atoms with E-state index in [0.717, 1.165) is 36.1 Å². The van der Waals surface area contributed by atoms with Gasteiger partial charge >= 0.3 is 0 Å². The van der Waals surface area contributed by atoms with E-state index in [9.17, 15) is 14.4 Å². The summed E-state index contributed by atoms with van der Waals surface area (Å²) in [7, 11) is 0. The highest BCUT2D eigenvalue weighted by atomic mass is 35.5. The molecule has 192 valence electrons. The van der Waals surface area contributed by atoms with Gasteiger partial charge in [0, 0.05) is 10.4 Å². The lowest BCUT2D eigenvalue weighted by Crippen LogP contribution is -2.33. The molecule has 1 aromatic heterocycles. The van der Waals surface area contributed by atoms with Crippen molar-refractivity contribution in [3.8, 4) is 5.75 Å². The van der Waals surface area contributed by atoms with Crippen LogP contribution in [-0.4, -0.2) is 30.0 Å². The first kappa shape index (κ1) is 26.7. The van der Waals surface area contributed by atoms with Gasteiger partial charge in [-0.1, -0.05) is 29.3 Å². The number of carbonyl (C=O) groups excluding carboxylic acids is 3. The number of hydrogen-bond donors (Lipinski definition) is 3. The van der Waals surface area contributed by atoms with E-state index in [2.05, 4.69) is 15.8 Å². The average molecular weight is 559 g/mol. The van der Waals surface area contributed by atoms with Crippen molar-refractivity contribution in [3.05, 3.63) is 79.6 Å². The molecule has 3 amide bonds. The number of nitrogens with zero attached hydrogens (tertiary/aromatic N) is 1. The summed E-state index contributed by atoms with van der Waals surface area (Å²) in [5, 5.41) is 8.02. The van der Waals surface area contributed by atoms with Gasteiger partial charge in [0.05, 0.1) is 21.8 Å². The molecule has 1 atom stereocenters. The topological polar surface area (TPSA) is 123 Å². The Kier molecular flexibility index (Phi) is 8.48. The van der Waals surface area contributed by atoms with Crippen LogP contribution in [0.15, 0.2) is 47.6 Å². The van der Waals surface area contributed by atoms with Crippen LogP contribution in [0.1, 0.15) is 56.5 Å². The summed E-state index contributed by atoms with van der Waals surface area (Å²) in [6.07, 6.45) is 4.32. The van der Waals surface area contributed by atoms with Crippen LogP contribution < -0.4 is 21.2 Å². The number of anilines is 1. The van der Waals surface area contributed by atoms with Gasteiger partial charge < -0.3 is 15.8 Å². The van der Waals surface area contributed by atoms with Gasteiger partial charge in [0.15, 0.2) is 6.10 Å². The standard InChI is InChI=1S/C26H24Cl2N4O4S/c1-14(24(34)32-30-13-15-6-11-19(27)20(28)12-15)36-17-9-7-16(8-10-17)25(35)31-26-22(23(29)33)18-4-2-3-5-21(18)37-26/h6-14H,2-5H2,1H3,(H2,29,33)(H,31,35)(H,32,34)/b30-13-/t14-/m0/s1. The van der Waals surface area contributed by atoms with E-state index in [1.54, 1.807) is 49.4 Å². The number of hydrogen-bond acceptors (Lipinski definition) is 6. The van der Waals surface area contributed by atoms with Crippen LogP contribution in [0.4, 0.5) is 5.00 Å². The van der Waals surface area contributed by atoms with E-state index in [-0.39, 0.29) is 5.91 Å². The first-order chi connectivity index (χ1) is 17.7. The van der Waals surface area contributed by atoms with Crippen LogP contribution >= 0.6 is 34.5 Å². The second-order valence-corrected chi connectivity index (χ2v) is 10.3. The highest BCUT2D eigenvalue weighted by Crippen LogP contribution is 2.38. The molecule has 2 aromatic carbocycles. The predicted octanol–water partition coefficient (Wildman–Crippen LogP) is 5.20. The van der Waals surface area contributed by atoms with Crippen LogP contribution in [0, 0.1) is 0 Å². The molecule has 1 aliphatic carbocycles. The lowest BCUT2D eigenvalue weighted by atomic mass is 9.95. The van der Waals surface area contributed by atoms with Crippen LogP contribution in [0.25, 0.3) is 0 Å². The molecule has 0 fully saturated rings. The van der Waals surface area contributed by atoms with E-state index in [0.29, 0.717) is 37.5 Å². The van der Waals surface area contributed by atoms with E-state index >= 15 is 0 Å². The molecule has 0 unspecified atom stereocenters. The number of primary amides is 1. The van der Waals surface area contributed by atoms with E-state index in [1.165, 1.54) is 17.6 Å². The fraction of sp³-hybridized carbons (Fsp3) is 0.231. The highest BCUT2D eigenvalue weighted by Gasteiger charge is 2.25. The second-order valence-electron chi connectivity index (χ2n) is 8.43. The van der Waals surface area contributed by atoms with Crippen molar-refractivity contribution in [2.75, 3.05) is 5.32 Å². The van der Waals surface area contributed by atoms with Crippen molar-refractivity contribution in [2.45, 2.75) is 38.7 Å². The quantitative estimate of drug-likeness (QED) is 0.259. The largest absolute Gasteiger partial charge is 0.481 e. The Bertz CT molecular complexity index is 1370. The number of hydrazone groups is 1. The number of benzene rings is 2. The third-order valence-electron chi connectivity index (χ3n) is 5.78.